The molecule has 0 fully saturated rings. The Morgan fingerprint density at radius 3 is 2.56 bits per heavy atom. The molecule has 1 aromatic carbocycles. The minimum absolute atomic E-state index is 0.00588. The van der Waals surface area contributed by atoms with Crippen LogP contribution in [0.25, 0.3) is 0 Å². The molecule has 1 aromatic rings. The second-order valence-electron chi connectivity index (χ2n) is 3.44. The fourth-order valence-electron chi connectivity index (χ4n) is 1.54. The van der Waals surface area contributed by atoms with Gasteiger partial charge < -0.3 is 15.2 Å². The van der Waals surface area contributed by atoms with Crippen LogP contribution in [-0.4, -0.2) is 25.5 Å². The van der Waals surface area contributed by atoms with E-state index in [1.54, 1.807) is 12.1 Å². The average molecular weight is 286 g/mol. The van der Waals surface area contributed by atoms with E-state index in [0.717, 1.165) is 4.47 Å². The third-order valence-corrected chi connectivity index (χ3v) is 2.96. The third kappa shape index (κ3) is 2.20. The lowest BCUT2D eigenvalue weighted by atomic mass is 10.1. The number of nitrogens with two attached hydrogens (primary N) is 1. The number of carbonyl (C=O) groups excluding carboxylic acids is 1. The summed E-state index contributed by atoms with van der Waals surface area (Å²) in [7, 11) is 0. The van der Waals surface area contributed by atoms with E-state index in [1.807, 2.05) is 0 Å². The van der Waals surface area contributed by atoms with Crippen LogP contribution in [0.3, 0.4) is 0 Å². The molecule has 4 nitrogen and oxygen atoms in total. The molecule has 0 aromatic heterocycles. The lowest BCUT2D eigenvalue weighted by molar-refractivity contribution is 0.0983. The summed E-state index contributed by atoms with van der Waals surface area (Å²) in [6, 6.07) is 3.47. The van der Waals surface area contributed by atoms with E-state index in [9.17, 15) is 4.79 Å². The predicted octanol–water partition coefficient (Wildman–Crippen LogP) is 1.75. The van der Waals surface area contributed by atoms with Gasteiger partial charge in [0.25, 0.3) is 0 Å². The Balaban J connectivity index is 2.35. The first kappa shape index (κ1) is 11.4. The molecule has 1 aliphatic rings. The van der Waals surface area contributed by atoms with Gasteiger partial charge in [0.1, 0.15) is 13.2 Å². The molecule has 0 saturated heterocycles. The molecule has 0 atom stereocenters. The number of ether oxygens (including phenoxy) is 2. The van der Waals surface area contributed by atoms with E-state index in [4.69, 9.17) is 15.2 Å². The molecule has 1 aliphatic heterocycles. The third-order valence-electron chi connectivity index (χ3n) is 2.30. The van der Waals surface area contributed by atoms with Crippen LogP contribution < -0.4 is 15.2 Å². The normalized spacial score (nSPS) is 13.6. The Kier molecular flexibility index (Phi) is 3.46. The van der Waals surface area contributed by atoms with Gasteiger partial charge in [0.15, 0.2) is 17.3 Å². The van der Waals surface area contributed by atoms with Crippen LogP contribution >= 0.6 is 15.9 Å². The van der Waals surface area contributed by atoms with Crippen LogP contribution in [0.5, 0.6) is 11.5 Å². The molecule has 0 unspecified atom stereocenters. The van der Waals surface area contributed by atoms with Crippen molar-refractivity contribution in [2.75, 3.05) is 19.8 Å². The van der Waals surface area contributed by atoms with E-state index in [0.29, 0.717) is 43.2 Å². The van der Waals surface area contributed by atoms with Gasteiger partial charge in [-0.15, -0.1) is 0 Å². The van der Waals surface area contributed by atoms with Crippen LogP contribution in [0.1, 0.15) is 16.8 Å². The lowest BCUT2D eigenvalue weighted by Gasteiger charge is -2.19. The number of Topliss-reactive ketones (excluding diaryl/α,β-unsaturated/α-hetero) is 1. The summed E-state index contributed by atoms with van der Waals surface area (Å²) in [5.74, 6) is 1.29. The number of ketones is 1. The summed E-state index contributed by atoms with van der Waals surface area (Å²) < 4.78 is 11.5. The maximum Gasteiger partial charge on any atom is 0.165 e. The van der Waals surface area contributed by atoms with E-state index in [1.165, 1.54) is 0 Å². The van der Waals surface area contributed by atoms with E-state index < -0.39 is 0 Å². The molecular weight excluding hydrogens is 274 g/mol. The second kappa shape index (κ2) is 4.84. The smallest absolute Gasteiger partial charge is 0.165 e. The highest BCUT2D eigenvalue weighted by molar-refractivity contribution is 9.10. The van der Waals surface area contributed by atoms with Crippen molar-refractivity contribution in [3.05, 3.63) is 22.2 Å². The number of hydrogen-bond acceptors (Lipinski definition) is 4. The standard InChI is InChI=1S/C11H12BrNO3/c12-8-6-11-10(15-3-4-16-11)5-7(8)9(14)1-2-13/h5-6H,1-4,13H2. The molecular formula is C11H12BrNO3. The molecule has 16 heavy (non-hydrogen) atoms. The summed E-state index contributed by atoms with van der Waals surface area (Å²) in [6.45, 7) is 1.40. The van der Waals surface area contributed by atoms with Gasteiger partial charge in [0.2, 0.25) is 0 Å². The first-order chi connectivity index (χ1) is 7.72. The summed E-state index contributed by atoms with van der Waals surface area (Å²) >= 11 is 3.35. The average Bonchev–Trinajstić information content (AvgIpc) is 2.28. The molecule has 2 rings (SSSR count). The molecule has 5 heteroatoms. The lowest BCUT2D eigenvalue weighted by Crippen LogP contribution is -2.16. The van der Waals surface area contributed by atoms with Crippen molar-refractivity contribution < 1.29 is 14.3 Å². The molecule has 2 N–H and O–H groups in total. The molecule has 0 radical (unpaired) electrons. The highest BCUT2D eigenvalue weighted by Gasteiger charge is 2.18. The van der Waals surface area contributed by atoms with Crippen LogP contribution in [0.2, 0.25) is 0 Å². The van der Waals surface area contributed by atoms with Crippen molar-refractivity contribution in [3.63, 3.8) is 0 Å². The van der Waals surface area contributed by atoms with Crippen LogP contribution in [0.4, 0.5) is 0 Å². The van der Waals surface area contributed by atoms with Crippen molar-refractivity contribution >= 4 is 21.7 Å². The Morgan fingerprint density at radius 2 is 1.94 bits per heavy atom. The van der Waals surface area contributed by atoms with Crippen molar-refractivity contribution in [3.8, 4) is 11.5 Å². The Morgan fingerprint density at radius 1 is 1.31 bits per heavy atom. The highest BCUT2D eigenvalue weighted by atomic mass is 79.9. The minimum Gasteiger partial charge on any atom is -0.486 e. The fourth-order valence-corrected chi connectivity index (χ4v) is 2.09. The number of hydrogen-bond donors (Lipinski definition) is 1. The second-order valence-corrected chi connectivity index (χ2v) is 4.29. The van der Waals surface area contributed by atoms with Crippen LogP contribution in [0, 0.1) is 0 Å². The van der Waals surface area contributed by atoms with Gasteiger partial charge >= 0.3 is 0 Å². The Bertz CT molecular complexity index is 420. The molecule has 0 saturated carbocycles. The van der Waals surface area contributed by atoms with Gasteiger partial charge in [-0.05, 0) is 34.6 Å². The molecule has 0 aliphatic carbocycles. The van der Waals surface area contributed by atoms with Crippen molar-refractivity contribution in [1.82, 2.24) is 0 Å². The van der Waals surface area contributed by atoms with Gasteiger partial charge in [0, 0.05) is 16.5 Å². The molecule has 0 amide bonds. The highest BCUT2D eigenvalue weighted by Crippen LogP contribution is 2.35. The number of rotatable bonds is 3. The maximum atomic E-state index is 11.7. The van der Waals surface area contributed by atoms with Crippen LogP contribution in [0.15, 0.2) is 16.6 Å². The van der Waals surface area contributed by atoms with Crippen molar-refractivity contribution in [1.29, 1.82) is 0 Å². The zero-order valence-corrected chi connectivity index (χ0v) is 10.2. The largest absolute Gasteiger partial charge is 0.486 e. The molecule has 0 spiro atoms. The topological polar surface area (TPSA) is 61.6 Å². The zero-order chi connectivity index (χ0) is 11.5. The van der Waals surface area contributed by atoms with Crippen LogP contribution in [-0.2, 0) is 0 Å². The predicted molar refractivity (Wildman–Crippen MR) is 63.1 cm³/mol. The number of fused-ring (bicyclic) bond motifs is 1. The molecule has 0 bridgehead atoms. The Labute approximate surface area is 102 Å². The fraction of sp³-hybridized carbons (Fsp3) is 0.364. The number of benzene rings is 1. The van der Waals surface area contributed by atoms with Gasteiger partial charge in [-0.1, -0.05) is 0 Å². The number of carbonyl (C=O) groups is 1. The first-order valence-electron chi connectivity index (χ1n) is 5.05. The Hall–Kier alpha value is -1.07. The summed E-state index contributed by atoms with van der Waals surface area (Å²) in [4.78, 5) is 11.7. The summed E-state index contributed by atoms with van der Waals surface area (Å²) in [6.07, 6.45) is 0.332. The number of halogens is 1. The van der Waals surface area contributed by atoms with Gasteiger partial charge in [-0.3, -0.25) is 4.79 Å². The maximum absolute atomic E-state index is 11.7. The summed E-state index contributed by atoms with van der Waals surface area (Å²) in [5, 5.41) is 0. The zero-order valence-electron chi connectivity index (χ0n) is 8.66. The van der Waals surface area contributed by atoms with Gasteiger partial charge in [0.05, 0.1) is 0 Å². The minimum atomic E-state index is 0.00588. The molecule has 1 heterocycles. The first-order valence-corrected chi connectivity index (χ1v) is 5.84. The van der Waals surface area contributed by atoms with E-state index >= 15 is 0 Å². The quantitative estimate of drug-likeness (QED) is 0.860. The van der Waals surface area contributed by atoms with E-state index in [-0.39, 0.29) is 5.78 Å². The van der Waals surface area contributed by atoms with Crippen molar-refractivity contribution in [2.45, 2.75) is 6.42 Å². The molecule has 86 valence electrons. The van der Waals surface area contributed by atoms with E-state index in [2.05, 4.69) is 15.9 Å². The SMILES string of the molecule is NCCC(=O)c1cc2c(cc1Br)OCCO2. The van der Waals surface area contributed by atoms with Gasteiger partial charge in [-0.2, -0.15) is 0 Å². The van der Waals surface area contributed by atoms with Crippen molar-refractivity contribution in [2.24, 2.45) is 5.73 Å². The van der Waals surface area contributed by atoms with Gasteiger partial charge in [-0.25, -0.2) is 0 Å². The monoisotopic (exact) mass is 285 g/mol. The summed E-state index contributed by atoms with van der Waals surface area (Å²) in [5.41, 5.74) is 5.95.